The molecule has 6 atom stereocenters. The fraction of sp³-hybridized carbons (Fsp3) is 0.455. The molecule has 4 aliphatic rings. The maximum Gasteiger partial charge on any atom is 0.305 e. The predicted octanol–water partition coefficient (Wildman–Crippen LogP) is 3.74. The van der Waals surface area contributed by atoms with E-state index in [0.29, 0.717) is 5.02 Å². The standard InChI is InChI=1S/C22H20ClN3O3S2/c1-22(2)15-11-7-12(16(15)30-18-17(22)31-21(29)25-18)14-13(11)19(27)26(20(14)28)24-8-9-3-5-10(23)6-4-9/h3-6,8,11-16H,7H2,1-2H3,(H,25,29)/b24-8+. The maximum absolute atomic E-state index is 13.3. The molecule has 0 radical (unpaired) electrons. The Kier molecular flexibility index (Phi) is 4.18. The van der Waals surface area contributed by atoms with Gasteiger partial charge in [0.1, 0.15) is 0 Å². The van der Waals surface area contributed by atoms with Gasteiger partial charge in [-0.25, -0.2) is 0 Å². The molecule has 6 unspecified atom stereocenters. The van der Waals surface area contributed by atoms with E-state index in [1.54, 1.807) is 42.2 Å². The van der Waals surface area contributed by atoms with E-state index < -0.39 is 0 Å². The number of hydrogen-bond acceptors (Lipinski definition) is 6. The summed E-state index contributed by atoms with van der Waals surface area (Å²) in [7, 11) is 0. The minimum absolute atomic E-state index is 0.0343. The number of carbonyl (C=O) groups excluding carboxylic acids is 2. The highest BCUT2D eigenvalue weighted by molar-refractivity contribution is 8.00. The fourth-order valence-corrected chi connectivity index (χ4v) is 9.70. The van der Waals surface area contributed by atoms with Gasteiger partial charge in [0.15, 0.2) is 0 Å². The van der Waals surface area contributed by atoms with Crippen LogP contribution in [0.5, 0.6) is 0 Å². The molecule has 2 aliphatic carbocycles. The second-order valence-electron chi connectivity index (χ2n) is 9.40. The van der Waals surface area contributed by atoms with Crippen molar-refractivity contribution < 1.29 is 9.59 Å². The number of thiazole rings is 1. The van der Waals surface area contributed by atoms with Gasteiger partial charge in [0, 0.05) is 20.6 Å². The van der Waals surface area contributed by atoms with Gasteiger partial charge in [-0.1, -0.05) is 48.9 Å². The molecular weight excluding hydrogens is 454 g/mol. The summed E-state index contributed by atoms with van der Waals surface area (Å²) in [6, 6.07) is 7.10. The number of nitrogens with one attached hydrogen (secondary N) is 1. The van der Waals surface area contributed by atoms with Crippen LogP contribution in [0.25, 0.3) is 0 Å². The first-order valence-electron chi connectivity index (χ1n) is 10.3. The topological polar surface area (TPSA) is 82.6 Å². The molecule has 2 bridgehead atoms. The zero-order valence-corrected chi connectivity index (χ0v) is 19.3. The van der Waals surface area contributed by atoms with E-state index in [1.165, 1.54) is 11.3 Å². The molecular formula is C22H20ClN3O3S2. The lowest BCUT2D eigenvalue weighted by atomic mass is 9.64. The summed E-state index contributed by atoms with van der Waals surface area (Å²) in [6.45, 7) is 4.36. The zero-order chi connectivity index (χ0) is 21.7. The maximum atomic E-state index is 13.3. The van der Waals surface area contributed by atoms with Crippen LogP contribution >= 0.6 is 34.7 Å². The minimum atomic E-state index is -0.309. The van der Waals surface area contributed by atoms with Gasteiger partial charge < -0.3 is 4.98 Å². The van der Waals surface area contributed by atoms with E-state index in [-0.39, 0.29) is 56.9 Å². The Morgan fingerprint density at radius 3 is 2.52 bits per heavy atom. The monoisotopic (exact) mass is 473 g/mol. The van der Waals surface area contributed by atoms with Gasteiger partial charge in [0.2, 0.25) is 0 Å². The van der Waals surface area contributed by atoms with Crippen LogP contribution in [0.1, 0.15) is 30.7 Å². The molecule has 2 aromatic rings. The van der Waals surface area contributed by atoms with Crippen LogP contribution in [-0.2, 0) is 15.0 Å². The lowest BCUT2D eigenvalue weighted by molar-refractivity contribution is -0.140. The molecule has 3 fully saturated rings. The molecule has 3 heterocycles. The van der Waals surface area contributed by atoms with E-state index in [1.807, 2.05) is 0 Å². The number of carbonyl (C=O) groups is 2. The van der Waals surface area contributed by atoms with Crippen molar-refractivity contribution in [3.8, 4) is 0 Å². The summed E-state index contributed by atoms with van der Waals surface area (Å²) in [6.07, 6.45) is 2.44. The van der Waals surface area contributed by atoms with Gasteiger partial charge in [-0.2, -0.15) is 10.1 Å². The summed E-state index contributed by atoms with van der Waals surface area (Å²) in [5, 5.41) is 7.16. The molecule has 1 N–H and O–H groups in total. The highest BCUT2D eigenvalue weighted by atomic mass is 35.5. The third kappa shape index (κ3) is 2.64. The number of H-pyrrole nitrogens is 1. The van der Waals surface area contributed by atoms with E-state index in [4.69, 9.17) is 11.6 Å². The third-order valence-electron chi connectivity index (χ3n) is 7.56. The SMILES string of the molecule is CC1(C)c2sc(=O)[nH]c2SC2C3CC(C4C(=O)N(/N=C/c5ccc(Cl)cc5)C(=O)C34)C21. The minimum Gasteiger partial charge on any atom is -0.307 e. The number of fused-ring (bicyclic) bond motifs is 9. The number of halogens is 1. The van der Waals surface area contributed by atoms with Crippen LogP contribution in [0.15, 0.2) is 39.2 Å². The normalized spacial score (nSPS) is 35.0. The second kappa shape index (κ2) is 6.56. The van der Waals surface area contributed by atoms with Crippen LogP contribution in [0, 0.1) is 29.6 Å². The number of nitrogens with zero attached hydrogens (tertiary/aromatic N) is 2. The van der Waals surface area contributed by atoms with Crippen LogP contribution in [0.4, 0.5) is 0 Å². The highest BCUT2D eigenvalue weighted by Crippen LogP contribution is 2.68. The van der Waals surface area contributed by atoms with Gasteiger partial charge in [-0.05, 0) is 41.9 Å². The van der Waals surface area contributed by atoms with Crippen molar-refractivity contribution in [3.05, 3.63) is 49.4 Å². The molecule has 160 valence electrons. The molecule has 1 saturated heterocycles. The summed E-state index contributed by atoms with van der Waals surface area (Å²) in [5.41, 5.74) is 0.576. The zero-order valence-electron chi connectivity index (χ0n) is 16.9. The number of aromatic nitrogens is 1. The van der Waals surface area contributed by atoms with Crippen LogP contribution in [-0.4, -0.2) is 33.3 Å². The van der Waals surface area contributed by atoms with E-state index >= 15 is 0 Å². The average molecular weight is 474 g/mol. The first-order valence-corrected chi connectivity index (χ1v) is 12.4. The van der Waals surface area contributed by atoms with Gasteiger partial charge in [-0.3, -0.25) is 14.4 Å². The molecule has 1 aromatic carbocycles. The van der Waals surface area contributed by atoms with Crippen molar-refractivity contribution in [2.24, 2.45) is 34.7 Å². The Labute approximate surface area is 192 Å². The van der Waals surface area contributed by atoms with Crippen molar-refractivity contribution in [1.82, 2.24) is 9.99 Å². The van der Waals surface area contributed by atoms with Crippen molar-refractivity contribution in [2.45, 2.75) is 36.0 Å². The van der Waals surface area contributed by atoms with Crippen LogP contribution < -0.4 is 4.87 Å². The Balaban J connectivity index is 1.33. The molecule has 0 spiro atoms. The number of hydrogen-bond donors (Lipinski definition) is 1. The molecule has 6 nitrogen and oxygen atoms in total. The predicted molar refractivity (Wildman–Crippen MR) is 121 cm³/mol. The molecule has 2 aliphatic heterocycles. The van der Waals surface area contributed by atoms with Crippen LogP contribution in [0.2, 0.25) is 5.02 Å². The Morgan fingerprint density at radius 1 is 1.13 bits per heavy atom. The van der Waals surface area contributed by atoms with Crippen molar-refractivity contribution in [3.63, 3.8) is 0 Å². The Bertz CT molecular complexity index is 1200. The smallest absolute Gasteiger partial charge is 0.305 e. The Hall–Kier alpha value is -1.90. The summed E-state index contributed by atoms with van der Waals surface area (Å²) in [4.78, 5) is 42.6. The fourth-order valence-electron chi connectivity index (χ4n) is 6.43. The largest absolute Gasteiger partial charge is 0.307 e. The number of aromatic amines is 1. The molecule has 31 heavy (non-hydrogen) atoms. The van der Waals surface area contributed by atoms with Gasteiger partial charge in [-0.15, -0.1) is 11.8 Å². The lowest BCUT2D eigenvalue weighted by Gasteiger charge is -2.47. The van der Waals surface area contributed by atoms with Crippen molar-refractivity contribution >= 4 is 52.7 Å². The summed E-state index contributed by atoms with van der Waals surface area (Å²) < 4.78 is 0. The van der Waals surface area contributed by atoms with Gasteiger partial charge >= 0.3 is 4.87 Å². The van der Waals surface area contributed by atoms with Gasteiger partial charge in [0.25, 0.3) is 11.8 Å². The molecule has 2 saturated carbocycles. The first-order chi connectivity index (χ1) is 14.8. The molecule has 6 rings (SSSR count). The average Bonchev–Trinajstić information content (AvgIpc) is 3.44. The number of rotatable bonds is 2. The number of benzene rings is 1. The number of imide groups is 1. The third-order valence-corrected chi connectivity index (χ3v) is 10.6. The second-order valence-corrected chi connectivity index (χ2v) is 12.0. The van der Waals surface area contributed by atoms with E-state index in [0.717, 1.165) is 26.9 Å². The van der Waals surface area contributed by atoms with Crippen molar-refractivity contribution in [1.29, 1.82) is 0 Å². The Morgan fingerprint density at radius 2 is 1.81 bits per heavy atom. The van der Waals surface area contributed by atoms with Crippen molar-refractivity contribution in [2.75, 3.05) is 0 Å². The van der Waals surface area contributed by atoms with Gasteiger partial charge in [0.05, 0.1) is 23.1 Å². The van der Waals surface area contributed by atoms with Crippen LogP contribution in [0.3, 0.4) is 0 Å². The van der Waals surface area contributed by atoms with E-state index in [2.05, 4.69) is 23.9 Å². The molecule has 1 aromatic heterocycles. The summed E-state index contributed by atoms with van der Waals surface area (Å²) >= 11 is 8.90. The number of amides is 2. The first kappa shape index (κ1) is 19.8. The summed E-state index contributed by atoms with van der Waals surface area (Å²) in [5.74, 6) is -0.448. The highest BCUT2D eigenvalue weighted by Gasteiger charge is 2.71. The lowest BCUT2D eigenvalue weighted by Crippen LogP contribution is -2.48. The van der Waals surface area contributed by atoms with E-state index in [9.17, 15) is 14.4 Å². The molecule has 2 amide bonds. The number of thioether (sulfide) groups is 1. The quantitative estimate of drug-likeness (QED) is 0.532. The molecule has 9 heteroatoms. The number of hydrazone groups is 1.